The van der Waals surface area contributed by atoms with Crippen molar-refractivity contribution >= 4 is 36.2 Å². The van der Waals surface area contributed by atoms with Gasteiger partial charge in [-0.05, 0) is 34.6 Å². The number of ether oxygens (including phenoxy) is 1. The molecule has 0 saturated heterocycles. The van der Waals surface area contributed by atoms with Crippen LogP contribution in [-0.4, -0.2) is 54.3 Å². The van der Waals surface area contributed by atoms with Gasteiger partial charge in [-0.25, -0.2) is 20.0 Å². The Bertz CT molecular complexity index is 954. The van der Waals surface area contributed by atoms with Gasteiger partial charge in [0.15, 0.2) is 11.5 Å². The molecule has 4 N–H and O–H groups in total. The maximum Gasteiger partial charge on any atom is 0.365 e. The highest BCUT2D eigenvalue weighted by molar-refractivity contribution is 7.56. The van der Waals surface area contributed by atoms with Crippen LogP contribution in [0.25, 0.3) is 11.2 Å². The van der Waals surface area contributed by atoms with Crippen LogP contribution in [0, 0.1) is 0 Å². The number of aliphatic carboxylic acids is 1. The van der Waals surface area contributed by atoms with E-state index in [0.29, 0.717) is 23.4 Å². The third-order valence-corrected chi connectivity index (χ3v) is 5.49. The molecule has 2 atom stereocenters. The number of carboxylic acids is 1. The lowest BCUT2D eigenvalue weighted by atomic mass is 10.1. The van der Waals surface area contributed by atoms with Crippen molar-refractivity contribution in [1.29, 1.82) is 0 Å². The molecule has 1 unspecified atom stereocenters. The van der Waals surface area contributed by atoms with Crippen LogP contribution in [0.3, 0.4) is 0 Å². The van der Waals surface area contributed by atoms with Crippen LogP contribution in [0.2, 0.25) is 0 Å². The van der Waals surface area contributed by atoms with Crippen LogP contribution >= 0.6 is 7.52 Å². The zero-order valence-corrected chi connectivity index (χ0v) is 17.9. The molecule has 2 rings (SSSR count). The molecule has 0 amide bonds. The Morgan fingerprint density at radius 3 is 2.72 bits per heavy atom. The summed E-state index contributed by atoms with van der Waals surface area (Å²) in [5.41, 5.74) is 5.82. The third kappa shape index (κ3) is 5.96. The number of nitrogens with zero attached hydrogens (tertiary/aromatic N) is 5. The first-order valence-electron chi connectivity index (χ1n) is 8.78. The number of nitrogens with one attached hydrogen (secondary N) is 1. The number of imidazole rings is 1. The third-order valence-electron chi connectivity index (χ3n) is 3.75. The molecule has 160 valence electrons. The highest BCUT2D eigenvalue weighted by Crippen LogP contribution is 2.45. The quantitative estimate of drug-likeness (QED) is 0.289. The number of oxime groups is 1. The van der Waals surface area contributed by atoms with Crippen LogP contribution in [0.15, 0.2) is 17.8 Å². The van der Waals surface area contributed by atoms with Gasteiger partial charge in [-0.3, -0.25) is 9.36 Å². The van der Waals surface area contributed by atoms with Crippen molar-refractivity contribution in [3.8, 4) is 0 Å². The number of hydrogen-bond acceptors (Lipinski definition) is 9. The van der Waals surface area contributed by atoms with Crippen LogP contribution in [0.1, 0.15) is 34.6 Å². The second-order valence-corrected chi connectivity index (χ2v) is 9.26. The maximum absolute atomic E-state index is 13.1. The highest BCUT2D eigenvalue weighted by Gasteiger charge is 2.38. The van der Waals surface area contributed by atoms with E-state index in [1.54, 1.807) is 31.7 Å². The molecule has 0 spiro atoms. The summed E-state index contributed by atoms with van der Waals surface area (Å²) in [6.07, 6.45) is 2.09. The highest BCUT2D eigenvalue weighted by atomic mass is 31.2. The Labute approximate surface area is 168 Å². The number of aromatic nitrogens is 4. The maximum atomic E-state index is 13.1. The van der Waals surface area contributed by atoms with Crippen LogP contribution in [-0.2, 0) is 25.3 Å². The SMILES string of the molecule is CC(C)=NOP(=O)(CO[C@@H](C)Cn1cnc2c(N)ncnc21)NC(C)(C)C(=O)O. The van der Waals surface area contributed by atoms with E-state index in [2.05, 4.69) is 25.2 Å². The molecular formula is C16H26N7O5P. The van der Waals surface area contributed by atoms with E-state index >= 15 is 0 Å². The first-order chi connectivity index (χ1) is 13.4. The summed E-state index contributed by atoms with van der Waals surface area (Å²) in [5, 5.41) is 15.5. The predicted molar refractivity (Wildman–Crippen MR) is 107 cm³/mol. The fraction of sp³-hybridized carbons (Fsp3) is 0.562. The second-order valence-electron chi connectivity index (χ2n) is 7.27. The molecule has 2 aromatic rings. The van der Waals surface area contributed by atoms with Crippen LogP contribution in [0.5, 0.6) is 0 Å². The number of carboxylic acid groups (broad SMARTS) is 1. The van der Waals surface area contributed by atoms with Crippen LogP contribution < -0.4 is 10.8 Å². The number of nitrogen functional groups attached to an aromatic ring is 1. The van der Waals surface area contributed by atoms with Crippen LogP contribution in [0.4, 0.5) is 5.82 Å². The first-order valence-corrected chi connectivity index (χ1v) is 10.6. The summed E-state index contributed by atoms with van der Waals surface area (Å²) in [4.78, 5) is 23.6. The zero-order valence-electron chi connectivity index (χ0n) is 17.0. The van der Waals surface area contributed by atoms with Gasteiger partial charge >= 0.3 is 13.5 Å². The Balaban J connectivity index is 2.10. The minimum Gasteiger partial charge on any atom is -0.480 e. The molecular weight excluding hydrogens is 401 g/mol. The lowest BCUT2D eigenvalue weighted by Gasteiger charge is -2.27. The van der Waals surface area contributed by atoms with Gasteiger partial charge in [0.05, 0.1) is 24.7 Å². The minimum absolute atomic E-state index is 0.271. The van der Waals surface area contributed by atoms with Gasteiger partial charge in [-0.1, -0.05) is 5.16 Å². The molecule has 0 aliphatic carbocycles. The first kappa shape index (κ1) is 22.7. The Morgan fingerprint density at radius 1 is 1.41 bits per heavy atom. The summed E-state index contributed by atoms with van der Waals surface area (Å²) in [6.45, 7) is 8.17. The monoisotopic (exact) mass is 427 g/mol. The fourth-order valence-electron chi connectivity index (χ4n) is 2.28. The molecule has 2 aromatic heterocycles. The van der Waals surface area contributed by atoms with Gasteiger partial charge < -0.3 is 24.8 Å². The van der Waals surface area contributed by atoms with E-state index in [-0.39, 0.29) is 12.2 Å². The van der Waals surface area contributed by atoms with Crippen molar-refractivity contribution in [2.24, 2.45) is 5.16 Å². The van der Waals surface area contributed by atoms with E-state index in [0.717, 1.165) is 0 Å². The van der Waals surface area contributed by atoms with E-state index in [4.69, 9.17) is 15.1 Å². The second kappa shape index (κ2) is 8.85. The summed E-state index contributed by atoms with van der Waals surface area (Å²) < 4.78 is 25.7. The average Bonchev–Trinajstić information content (AvgIpc) is 3.02. The molecule has 12 nitrogen and oxygen atoms in total. The largest absolute Gasteiger partial charge is 0.480 e. The zero-order chi connectivity index (χ0) is 21.8. The Hall–Kier alpha value is -2.56. The van der Waals surface area contributed by atoms with Gasteiger partial charge in [-0.15, -0.1) is 0 Å². The van der Waals surface area contributed by atoms with Gasteiger partial charge in [0.2, 0.25) is 0 Å². The number of rotatable bonds is 10. The van der Waals surface area contributed by atoms with Crippen molar-refractivity contribution in [3.05, 3.63) is 12.7 Å². The number of nitrogens with two attached hydrogens (primary N) is 1. The molecule has 0 aromatic carbocycles. The smallest absolute Gasteiger partial charge is 0.365 e. The molecule has 13 heteroatoms. The van der Waals surface area contributed by atoms with Crippen molar-refractivity contribution in [2.75, 3.05) is 12.1 Å². The lowest BCUT2D eigenvalue weighted by molar-refractivity contribution is -0.142. The molecule has 0 fully saturated rings. The fourth-order valence-corrected chi connectivity index (χ4v) is 4.13. The van der Waals surface area contributed by atoms with E-state index in [9.17, 15) is 14.5 Å². The summed E-state index contributed by atoms with van der Waals surface area (Å²) in [7, 11) is -3.76. The number of fused-ring (bicyclic) bond motifs is 1. The topological polar surface area (TPSA) is 167 Å². The molecule has 0 aliphatic rings. The van der Waals surface area contributed by atoms with Crippen molar-refractivity contribution in [2.45, 2.75) is 52.8 Å². The minimum atomic E-state index is -3.76. The number of anilines is 1. The van der Waals surface area contributed by atoms with Gasteiger partial charge in [-0.2, -0.15) is 0 Å². The predicted octanol–water partition coefficient (Wildman–Crippen LogP) is 1.83. The molecule has 0 aliphatic heterocycles. The summed E-state index contributed by atoms with van der Waals surface area (Å²) in [5.74, 6) is -0.915. The van der Waals surface area contributed by atoms with Gasteiger partial charge in [0.1, 0.15) is 23.7 Å². The van der Waals surface area contributed by atoms with Gasteiger partial charge in [0, 0.05) is 0 Å². The standard InChI is InChI=1S/C16H26N7O5P/c1-10(2)21-28-29(26,22-16(4,5)15(24)25)9-27-11(3)6-23-8-20-12-13(17)18-7-19-14(12)23/h7-8,11H,6,9H2,1-5H3,(H,22,26)(H,24,25)(H2,17,18,19)/t11-,29?/m0/s1. The number of hydrogen-bond donors (Lipinski definition) is 3. The Morgan fingerprint density at radius 2 is 2.10 bits per heavy atom. The van der Waals surface area contributed by atoms with Crippen molar-refractivity contribution in [1.82, 2.24) is 24.6 Å². The molecule has 0 saturated carbocycles. The molecule has 29 heavy (non-hydrogen) atoms. The summed E-state index contributed by atoms with van der Waals surface area (Å²) >= 11 is 0. The van der Waals surface area contributed by atoms with Crippen molar-refractivity contribution < 1.29 is 23.8 Å². The average molecular weight is 427 g/mol. The normalized spacial score (nSPS) is 14.9. The summed E-state index contributed by atoms with van der Waals surface area (Å²) in [6, 6.07) is 0. The molecule has 0 bridgehead atoms. The van der Waals surface area contributed by atoms with E-state index < -0.39 is 25.1 Å². The number of carbonyl (C=O) groups is 1. The molecule has 2 heterocycles. The lowest BCUT2D eigenvalue weighted by Crippen LogP contribution is -2.45. The molecule has 0 radical (unpaired) electrons. The van der Waals surface area contributed by atoms with E-state index in [1.807, 2.05) is 0 Å². The van der Waals surface area contributed by atoms with Crippen molar-refractivity contribution in [3.63, 3.8) is 0 Å². The van der Waals surface area contributed by atoms with E-state index in [1.165, 1.54) is 20.2 Å². The Kier molecular flexibility index (Phi) is 6.93. The van der Waals surface area contributed by atoms with Gasteiger partial charge in [0.25, 0.3) is 0 Å².